The van der Waals surface area contributed by atoms with Crippen molar-refractivity contribution in [1.29, 1.82) is 0 Å². The predicted molar refractivity (Wildman–Crippen MR) is 119 cm³/mol. The van der Waals surface area contributed by atoms with Gasteiger partial charge in [-0.15, -0.1) is 0 Å². The number of amides is 2. The fraction of sp³-hybridized carbons (Fsp3) is 0.364. The summed E-state index contributed by atoms with van der Waals surface area (Å²) >= 11 is 0. The van der Waals surface area contributed by atoms with Crippen molar-refractivity contribution < 1.29 is 22.4 Å². The van der Waals surface area contributed by atoms with E-state index >= 15 is 0 Å². The molecule has 1 fully saturated rings. The number of hydrogen-bond acceptors (Lipinski definition) is 5. The number of hydrogen-bond donors (Lipinski definition) is 2. The average Bonchev–Trinajstić information content (AvgIpc) is 2.99. The van der Waals surface area contributed by atoms with Gasteiger partial charge in [-0.05, 0) is 61.9 Å². The SMILES string of the molecule is CCNC(=O)CN1CCCN(C(=O)c2ccc(NS(=O)(=O)c3ccc(F)cc3)cc2)CC1. The second-order valence-corrected chi connectivity index (χ2v) is 9.19. The third-order valence-corrected chi connectivity index (χ3v) is 6.52. The summed E-state index contributed by atoms with van der Waals surface area (Å²) in [5.74, 6) is -0.684. The van der Waals surface area contributed by atoms with Crippen molar-refractivity contribution in [2.75, 3.05) is 44.0 Å². The number of anilines is 1. The Morgan fingerprint density at radius 1 is 0.969 bits per heavy atom. The van der Waals surface area contributed by atoms with Crippen LogP contribution in [0.5, 0.6) is 0 Å². The molecule has 2 aromatic rings. The van der Waals surface area contributed by atoms with E-state index in [4.69, 9.17) is 0 Å². The number of rotatable bonds is 7. The highest BCUT2D eigenvalue weighted by Crippen LogP contribution is 2.18. The molecule has 8 nitrogen and oxygen atoms in total. The summed E-state index contributed by atoms with van der Waals surface area (Å²) in [6.45, 7) is 5.23. The normalized spacial score (nSPS) is 15.1. The van der Waals surface area contributed by atoms with Gasteiger partial charge in [0.1, 0.15) is 5.82 Å². The van der Waals surface area contributed by atoms with Gasteiger partial charge >= 0.3 is 0 Å². The van der Waals surface area contributed by atoms with Crippen LogP contribution in [0.25, 0.3) is 0 Å². The molecule has 0 saturated carbocycles. The lowest BCUT2D eigenvalue weighted by Crippen LogP contribution is -2.40. The highest BCUT2D eigenvalue weighted by molar-refractivity contribution is 7.92. The van der Waals surface area contributed by atoms with E-state index < -0.39 is 15.8 Å². The third-order valence-electron chi connectivity index (χ3n) is 5.12. The fourth-order valence-corrected chi connectivity index (χ4v) is 4.54. The lowest BCUT2D eigenvalue weighted by atomic mass is 10.2. The van der Waals surface area contributed by atoms with Crippen molar-refractivity contribution in [3.63, 3.8) is 0 Å². The van der Waals surface area contributed by atoms with Crippen LogP contribution in [-0.2, 0) is 14.8 Å². The zero-order valence-corrected chi connectivity index (χ0v) is 18.7. The summed E-state index contributed by atoms with van der Waals surface area (Å²) in [7, 11) is -3.86. The first-order valence-corrected chi connectivity index (χ1v) is 11.9. The van der Waals surface area contributed by atoms with E-state index in [0.29, 0.717) is 44.0 Å². The molecule has 1 heterocycles. The van der Waals surface area contributed by atoms with Crippen LogP contribution in [0, 0.1) is 5.82 Å². The second kappa shape index (κ2) is 10.6. The quantitative estimate of drug-likeness (QED) is 0.655. The van der Waals surface area contributed by atoms with Crippen molar-refractivity contribution >= 4 is 27.5 Å². The number of nitrogens with zero attached hydrogens (tertiary/aromatic N) is 2. The summed E-state index contributed by atoms with van der Waals surface area (Å²) in [4.78, 5) is 28.4. The van der Waals surface area contributed by atoms with Gasteiger partial charge in [0.05, 0.1) is 11.4 Å². The van der Waals surface area contributed by atoms with Gasteiger partial charge in [-0.25, -0.2) is 12.8 Å². The molecule has 1 aliphatic heterocycles. The van der Waals surface area contributed by atoms with E-state index in [9.17, 15) is 22.4 Å². The standard InChI is InChI=1S/C22H27FN4O4S/c1-2-24-21(28)16-26-12-3-13-27(15-14-26)22(29)17-4-8-19(9-5-17)25-32(30,31)20-10-6-18(23)7-11-20/h4-11,25H,2-3,12-16H2,1H3,(H,24,28). The molecule has 1 saturated heterocycles. The maximum Gasteiger partial charge on any atom is 0.261 e. The molecule has 0 radical (unpaired) electrons. The van der Waals surface area contributed by atoms with E-state index in [1.807, 2.05) is 11.8 Å². The Morgan fingerprint density at radius 3 is 2.31 bits per heavy atom. The zero-order valence-electron chi connectivity index (χ0n) is 17.9. The number of carbonyl (C=O) groups is 2. The first-order chi connectivity index (χ1) is 15.3. The van der Waals surface area contributed by atoms with Crippen LogP contribution in [-0.4, -0.2) is 69.3 Å². The van der Waals surface area contributed by atoms with Gasteiger partial charge < -0.3 is 10.2 Å². The summed E-state index contributed by atoms with van der Waals surface area (Å²) < 4.78 is 40.3. The lowest BCUT2D eigenvalue weighted by molar-refractivity contribution is -0.122. The first kappa shape index (κ1) is 23.7. The molecule has 0 spiro atoms. The van der Waals surface area contributed by atoms with Gasteiger partial charge in [0, 0.05) is 44.0 Å². The molecule has 0 aliphatic carbocycles. The van der Waals surface area contributed by atoms with Crippen LogP contribution >= 0.6 is 0 Å². The highest BCUT2D eigenvalue weighted by atomic mass is 32.2. The zero-order chi connectivity index (χ0) is 23.1. The lowest BCUT2D eigenvalue weighted by Gasteiger charge is -2.22. The molecule has 0 atom stereocenters. The van der Waals surface area contributed by atoms with Crippen LogP contribution in [0.15, 0.2) is 53.4 Å². The number of benzene rings is 2. The second-order valence-electron chi connectivity index (χ2n) is 7.51. The van der Waals surface area contributed by atoms with Crippen molar-refractivity contribution in [3.8, 4) is 0 Å². The first-order valence-electron chi connectivity index (χ1n) is 10.5. The molecule has 10 heteroatoms. The topological polar surface area (TPSA) is 98.8 Å². The van der Waals surface area contributed by atoms with Crippen LogP contribution in [0.2, 0.25) is 0 Å². The molecule has 0 unspecified atom stereocenters. The van der Waals surface area contributed by atoms with E-state index in [2.05, 4.69) is 10.0 Å². The Morgan fingerprint density at radius 2 is 1.66 bits per heavy atom. The number of sulfonamides is 1. The van der Waals surface area contributed by atoms with Crippen LogP contribution in [0.4, 0.5) is 10.1 Å². The third kappa shape index (κ3) is 6.27. The minimum absolute atomic E-state index is 0.0223. The van der Waals surface area contributed by atoms with E-state index in [0.717, 1.165) is 25.1 Å². The van der Waals surface area contributed by atoms with Crippen LogP contribution in [0.1, 0.15) is 23.7 Å². The minimum atomic E-state index is -3.86. The minimum Gasteiger partial charge on any atom is -0.355 e. The van der Waals surface area contributed by atoms with E-state index in [1.54, 1.807) is 17.0 Å². The Balaban J connectivity index is 1.60. The molecule has 2 N–H and O–H groups in total. The molecule has 2 amide bonds. The van der Waals surface area contributed by atoms with Gasteiger partial charge in [0.25, 0.3) is 15.9 Å². The Bertz CT molecular complexity index is 1040. The maximum atomic E-state index is 13.0. The van der Waals surface area contributed by atoms with E-state index in [1.165, 1.54) is 24.3 Å². The number of halogens is 1. The summed E-state index contributed by atoms with van der Waals surface area (Å²) in [6.07, 6.45) is 0.765. The molecular weight excluding hydrogens is 435 g/mol. The largest absolute Gasteiger partial charge is 0.355 e. The van der Waals surface area contributed by atoms with Crippen LogP contribution in [0.3, 0.4) is 0 Å². The van der Waals surface area contributed by atoms with Gasteiger partial charge in [-0.2, -0.15) is 0 Å². The van der Waals surface area contributed by atoms with Crippen molar-refractivity contribution in [3.05, 3.63) is 59.9 Å². The highest BCUT2D eigenvalue weighted by Gasteiger charge is 2.22. The molecule has 2 aromatic carbocycles. The maximum absolute atomic E-state index is 13.0. The van der Waals surface area contributed by atoms with Crippen molar-refractivity contribution in [1.82, 2.24) is 15.1 Å². The number of likely N-dealkylation sites (N-methyl/N-ethyl adjacent to an activating group) is 1. The van der Waals surface area contributed by atoms with Crippen molar-refractivity contribution in [2.45, 2.75) is 18.2 Å². The Hall–Kier alpha value is -2.98. The van der Waals surface area contributed by atoms with Gasteiger partial charge in [0.15, 0.2) is 0 Å². The molecule has 32 heavy (non-hydrogen) atoms. The molecule has 3 rings (SSSR count). The van der Waals surface area contributed by atoms with Crippen LogP contribution < -0.4 is 10.0 Å². The fourth-order valence-electron chi connectivity index (χ4n) is 3.48. The summed E-state index contributed by atoms with van der Waals surface area (Å²) in [6, 6.07) is 10.7. The monoisotopic (exact) mass is 462 g/mol. The molecular formula is C22H27FN4O4S. The summed E-state index contributed by atoms with van der Waals surface area (Å²) in [5.41, 5.74) is 0.752. The summed E-state index contributed by atoms with van der Waals surface area (Å²) in [5, 5.41) is 2.78. The van der Waals surface area contributed by atoms with Gasteiger partial charge in [-0.1, -0.05) is 0 Å². The number of carbonyl (C=O) groups excluding carboxylic acids is 2. The van der Waals surface area contributed by atoms with Gasteiger partial charge in [-0.3, -0.25) is 19.2 Å². The predicted octanol–water partition coefficient (Wildman–Crippen LogP) is 1.91. The smallest absolute Gasteiger partial charge is 0.261 e. The average molecular weight is 463 g/mol. The molecule has 1 aliphatic rings. The molecule has 172 valence electrons. The Labute approximate surface area is 187 Å². The molecule has 0 bridgehead atoms. The van der Waals surface area contributed by atoms with E-state index in [-0.39, 0.29) is 16.7 Å². The number of nitrogens with one attached hydrogen (secondary N) is 2. The molecule has 0 aromatic heterocycles. The van der Waals surface area contributed by atoms with Crippen molar-refractivity contribution in [2.24, 2.45) is 0 Å². The Kier molecular flexibility index (Phi) is 7.81. The van der Waals surface area contributed by atoms with Gasteiger partial charge in [0.2, 0.25) is 5.91 Å².